The van der Waals surface area contributed by atoms with Gasteiger partial charge in [-0.15, -0.1) is 22.0 Å². The number of carbonyl (C=O) groups excluding carboxylic acids is 1. The maximum Gasteiger partial charge on any atom is 0.251 e. The van der Waals surface area contributed by atoms with Crippen LogP contribution in [0.5, 0.6) is 5.75 Å². The summed E-state index contributed by atoms with van der Waals surface area (Å²) in [6.07, 6.45) is 8.02. The van der Waals surface area contributed by atoms with E-state index in [-0.39, 0.29) is 5.91 Å². The molecule has 5 rings (SSSR count). The van der Waals surface area contributed by atoms with Gasteiger partial charge in [-0.2, -0.15) is 0 Å². The van der Waals surface area contributed by atoms with Crippen molar-refractivity contribution in [2.24, 2.45) is 5.92 Å². The van der Waals surface area contributed by atoms with Gasteiger partial charge in [-0.25, -0.2) is 0 Å². The van der Waals surface area contributed by atoms with E-state index in [1.54, 1.807) is 23.5 Å². The van der Waals surface area contributed by atoms with Crippen LogP contribution in [0.1, 0.15) is 64.8 Å². The molecule has 1 amide bonds. The normalized spacial score (nSPS) is 12.8. The van der Waals surface area contributed by atoms with Gasteiger partial charge in [-0.05, 0) is 103 Å². The highest BCUT2D eigenvalue weighted by atomic mass is 32.2. The molecule has 0 atom stereocenters. The molecule has 2 heterocycles. The molecular formula is C40H51N5O3S2. The molecule has 0 saturated heterocycles. The van der Waals surface area contributed by atoms with E-state index in [0.29, 0.717) is 25.6 Å². The second-order valence-electron chi connectivity index (χ2n) is 12.9. The molecule has 1 aliphatic rings. The monoisotopic (exact) mass is 713 g/mol. The fraction of sp³-hybridized carbons (Fsp3) is 0.425. The lowest BCUT2D eigenvalue weighted by Crippen LogP contribution is -2.29. The highest BCUT2D eigenvalue weighted by molar-refractivity contribution is 7.98. The van der Waals surface area contributed by atoms with Crippen molar-refractivity contribution in [2.45, 2.75) is 75.7 Å². The number of unbranched alkanes of at least 4 members (excludes halogenated alkanes) is 1. The van der Waals surface area contributed by atoms with Gasteiger partial charge < -0.3 is 24.3 Å². The highest BCUT2D eigenvalue weighted by Gasteiger charge is 2.21. The first-order valence-corrected chi connectivity index (χ1v) is 20.0. The topological polar surface area (TPSA) is 81.5 Å². The fourth-order valence-electron chi connectivity index (χ4n) is 5.91. The van der Waals surface area contributed by atoms with E-state index in [9.17, 15) is 4.79 Å². The number of fused-ring (bicyclic) bond motifs is 1. The van der Waals surface area contributed by atoms with Crippen LogP contribution in [0.2, 0.25) is 0 Å². The lowest BCUT2D eigenvalue weighted by molar-refractivity contribution is -0.112. The molecule has 1 N–H and O–H groups in total. The Morgan fingerprint density at radius 3 is 2.44 bits per heavy atom. The molecule has 4 aromatic rings. The zero-order valence-corrected chi connectivity index (χ0v) is 31.7. The molecule has 0 aliphatic carbocycles. The van der Waals surface area contributed by atoms with E-state index in [4.69, 9.17) is 9.47 Å². The molecule has 10 heteroatoms. The first-order chi connectivity index (χ1) is 24.4. The molecule has 0 saturated carbocycles. The summed E-state index contributed by atoms with van der Waals surface area (Å²) >= 11 is 3.35. The zero-order valence-electron chi connectivity index (χ0n) is 30.1. The number of thioether (sulfide) groups is 2. The molecule has 0 unspecified atom stereocenters. The number of rotatable bonds is 18. The van der Waals surface area contributed by atoms with Crippen molar-refractivity contribution in [2.75, 3.05) is 49.4 Å². The summed E-state index contributed by atoms with van der Waals surface area (Å²) in [4.78, 5) is 17.2. The van der Waals surface area contributed by atoms with Crippen molar-refractivity contribution < 1.29 is 14.3 Å². The Hall–Kier alpha value is -3.73. The molecule has 0 radical (unpaired) electrons. The van der Waals surface area contributed by atoms with Crippen LogP contribution in [0.15, 0.2) is 82.4 Å². The average molecular weight is 714 g/mol. The summed E-state index contributed by atoms with van der Waals surface area (Å²) in [5.41, 5.74) is 5.98. The van der Waals surface area contributed by atoms with Crippen molar-refractivity contribution >= 4 is 46.9 Å². The van der Waals surface area contributed by atoms with Crippen molar-refractivity contribution in [1.82, 2.24) is 14.8 Å². The quantitative estimate of drug-likeness (QED) is 0.0807. The van der Waals surface area contributed by atoms with Crippen LogP contribution < -0.4 is 15.0 Å². The van der Waals surface area contributed by atoms with Crippen molar-refractivity contribution in [3.63, 3.8) is 0 Å². The summed E-state index contributed by atoms with van der Waals surface area (Å²) in [6.45, 7) is 13.3. The number of carbonyl (C=O) groups is 1. The molecular weight excluding hydrogens is 663 g/mol. The molecule has 3 aromatic carbocycles. The summed E-state index contributed by atoms with van der Waals surface area (Å²) in [5, 5.41) is 12.9. The second kappa shape index (κ2) is 19.0. The number of nitrogens with one attached hydrogen (secondary N) is 1. The minimum absolute atomic E-state index is 0.0643. The third kappa shape index (κ3) is 10.4. The molecule has 1 aliphatic heterocycles. The first-order valence-electron chi connectivity index (χ1n) is 17.8. The van der Waals surface area contributed by atoms with Gasteiger partial charge in [0.2, 0.25) is 0 Å². The van der Waals surface area contributed by atoms with Gasteiger partial charge in [0.05, 0.1) is 12.4 Å². The summed E-state index contributed by atoms with van der Waals surface area (Å²) in [5.74, 6) is 2.99. The second-order valence-corrected chi connectivity index (χ2v) is 14.7. The maximum atomic E-state index is 13.7. The van der Waals surface area contributed by atoms with Gasteiger partial charge in [-0.1, -0.05) is 64.1 Å². The van der Waals surface area contributed by atoms with Crippen LogP contribution in [0.4, 0.5) is 11.4 Å². The predicted molar refractivity (Wildman–Crippen MR) is 209 cm³/mol. The fourth-order valence-corrected chi connectivity index (χ4v) is 7.29. The van der Waals surface area contributed by atoms with Crippen LogP contribution in [0.3, 0.4) is 0 Å². The number of ether oxygens (including phenoxy) is 2. The van der Waals surface area contributed by atoms with Gasteiger partial charge in [0, 0.05) is 48.1 Å². The molecule has 1 aromatic heterocycles. The SMILES string of the molecule is CCCCOCCOc1ccc(-c2ccc3c(c2)C=C(C(=O)Nc2ccc(SCc4nnc(SC)n4CCC)cc2)CCN3CC(C)C)cc1. The number of benzene rings is 3. The van der Waals surface area contributed by atoms with E-state index >= 15 is 0 Å². The standard InChI is InChI=1S/C40H51N5O3S2/c1-6-8-22-47-23-24-48-35-14-9-30(10-15-35)31-11-18-37-33(25-31)26-32(19-21-44(37)27-29(3)4)39(46)41-34-12-16-36(17-13-34)50-28-38-42-43-40(49-5)45(38)20-7-2/h9-18,25-26,29H,6-8,19-24,27-28H2,1-5H3,(H,41,46). The zero-order chi connectivity index (χ0) is 35.3. The minimum atomic E-state index is -0.0643. The Bertz CT molecular complexity index is 1700. The summed E-state index contributed by atoms with van der Waals surface area (Å²) in [6, 6.07) is 22.9. The molecule has 50 heavy (non-hydrogen) atoms. The third-order valence-electron chi connectivity index (χ3n) is 8.46. The summed E-state index contributed by atoms with van der Waals surface area (Å²) < 4.78 is 13.7. The van der Waals surface area contributed by atoms with Gasteiger partial charge >= 0.3 is 0 Å². The van der Waals surface area contributed by atoms with Gasteiger partial charge in [-0.3, -0.25) is 4.79 Å². The Morgan fingerprint density at radius 2 is 1.72 bits per heavy atom. The average Bonchev–Trinajstić information content (AvgIpc) is 3.42. The van der Waals surface area contributed by atoms with Crippen molar-refractivity contribution in [1.29, 1.82) is 0 Å². The Kier molecular flexibility index (Phi) is 14.3. The van der Waals surface area contributed by atoms with Crippen molar-refractivity contribution in [3.05, 3.63) is 83.7 Å². The molecule has 0 spiro atoms. The number of anilines is 2. The van der Waals surface area contributed by atoms with E-state index < -0.39 is 0 Å². The highest BCUT2D eigenvalue weighted by Crippen LogP contribution is 2.34. The van der Waals surface area contributed by atoms with Crippen LogP contribution in [0, 0.1) is 5.92 Å². The van der Waals surface area contributed by atoms with E-state index in [1.807, 2.05) is 30.5 Å². The van der Waals surface area contributed by atoms with Gasteiger partial charge in [0.1, 0.15) is 18.2 Å². The predicted octanol–water partition coefficient (Wildman–Crippen LogP) is 9.45. The number of amides is 1. The van der Waals surface area contributed by atoms with E-state index in [2.05, 4.69) is 101 Å². The summed E-state index contributed by atoms with van der Waals surface area (Å²) in [7, 11) is 0. The maximum absolute atomic E-state index is 13.7. The number of hydrogen-bond acceptors (Lipinski definition) is 8. The van der Waals surface area contributed by atoms with Crippen molar-refractivity contribution in [3.8, 4) is 16.9 Å². The molecule has 0 fully saturated rings. The molecule has 0 bridgehead atoms. The molecule has 266 valence electrons. The Morgan fingerprint density at radius 1 is 0.940 bits per heavy atom. The number of aromatic nitrogens is 3. The lowest BCUT2D eigenvalue weighted by Gasteiger charge is -2.27. The smallest absolute Gasteiger partial charge is 0.251 e. The van der Waals surface area contributed by atoms with Gasteiger partial charge in [0.25, 0.3) is 5.91 Å². The first kappa shape index (κ1) is 37.5. The van der Waals surface area contributed by atoms with E-state index in [1.165, 1.54) is 0 Å². The van der Waals surface area contributed by atoms with Crippen LogP contribution in [-0.2, 0) is 21.8 Å². The lowest BCUT2D eigenvalue weighted by atomic mass is 10.00. The van der Waals surface area contributed by atoms with E-state index in [0.717, 1.165) is 107 Å². The van der Waals surface area contributed by atoms with Gasteiger partial charge in [0.15, 0.2) is 5.16 Å². The van der Waals surface area contributed by atoms with Crippen LogP contribution >= 0.6 is 23.5 Å². The Labute approximate surface area is 306 Å². The van der Waals surface area contributed by atoms with Crippen LogP contribution in [0.25, 0.3) is 17.2 Å². The third-order valence-corrected chi connectivity index (χ3v) is 10.1. The number of nitrogens with zero attached hydrogens (tertiary/aromatic N) is 4. The number of hydrogen-bond donors (Lipinski definition) is 1. The Balaban J connectivity index is 1.26. The largest absolute Gasteiger partial charge is 0.491 e. The van der Waals surface area contributed by atoms with Crippen LogP contribution in [-0.4, -0.2) is 59.8 Å². The minimum Gasteiger partial charge on any atom is -0.491 e. The molecule has 8 nitrogen and oxygen atoms in total.